The second kappa shape index (κ2) is 9.18. The summed E-state index contributed by atoms with van der Waals surface area (Å²) in [6.45, 7) is 0.411. The van der Waals surface area contributed by atoms with Gasteiger partial charge in [-0.15, -0.1) is 0 Å². The molecule has 1 amide bonds. The van der Waals surface area contributed by atoms with E-state index < -0.39 is 74.8 Å². The number of nitrogens with two attached hydrogens (primary N) is 1. The third-order valence-electron chi connectivity index (χ3n) is 4.16. The van der Waals surface area contributed by atoms with E-state index >= 15 is 0 Å². The molecular formula is C14H21N4O11P. The lowest BCUT2D eigenvalue weighted by molar-refractivity contribution is -0.140. The third-order valence-corrected chi connectivity index (χ3v) is 4.65. The van der Waals surface area contributed by atoms with E-state index in [-0.39, 0.29) is 5.82 Å². The van der Waals surface area contributed by atoms with E-state index in [4.69, 9.17) is 25.4 Å². The molecule has 15 nitrogen and oxygen atoms in total. The highest BCUT2D eigenvalue weighted by atomic mass is 31.2. The van der Waals surface area contributed by atoms with E-state index in [1.165, 1.54) is 0 Å². The fourth-order valence-electron chi connectivity index (χ4n) is 2.73. The van der Waals surface area contributed by atoms with Crippen LogP contribution < -0.4 is 11.1 Å². The van der Waals surface area contributed by atoms with Crippen LogP contribution in [-0.4, -0.2) is 83.3 Å². The Labute approximate surface area is 168 Å². The zero-order chi connectivity index (χ0) is 22.8. The Hall–Kier alpha value is -2.39. The number of ether oxygens (including phenoxy) is 1. The lowest BCUT2D eigenvalue weighted by Gasteiger charge is -2.18. The van der Waals surface area contributed by atoms with Gasteiger partial charge in [0.1, 0.15) is 36.0 Å². The van der Waals surface area contributed by atoms with E-state index in [0.717, 1.165) is 17.8 Å². The molecule has 0 aliphatic carbocycles. The molecular weight excluding hydrogens is 431 g/mol. The average Bonchev–Trinajstić information content (AvgIpc) is 3.12. The van der Waals surface area contributed by atoms with E-state index in [9.17, 15) is 29.2 Å². The average molecular weight is 452 g/mol. The molecule has 0 radical (unpaired) electrons. The molecule has 1 aromatic rings. The number of amides is 1. The van der Waals surface area contributed by atoms with Crippen molar-refractivity contribution < 1.29 is 53.3 Å². The summed E-state index contributed by atoms with van der Waals surface area (Å²) in [5.74, 6) is -3.27. The first kappa shape index (κ1) is 23.9. The number of nitrogen functional groups attached to an aromatic ring is 1. The van der Waals surface area contributed by atoms with Gasteiger partial charge in [0.25, 0.3) is 5.91 Å². The van der Waals surface area contributed by atoms with Gasteiger partial charge in [0.15, 0.2) is 11.9 Å². The van der Waals surface area contributed by atoms with Gasteiger partial charge in [-0.3, -0.25) is 18.7 Å². The summed E-state index contributed by atoms with van der Waals surface area (Å²) in [4.78, 5) is 55.8. The summed E-state index contributed by atoms with van der Waals surface area (Å²) in [5.41, 5.74) is 5.40. The van der Waals surface area contributed by atoms with Crippen molar-refractivity contribution in [2.24, 2.45) is 0 Å². The van der Waals surface area contributed by atoms with Crippen molar-refractivity contribution in [3.8, 4) is 0 Å². The summed E-state index contributed by atoms with van der Waals surface area (Å²) in [7, 11) is -4.85. The minimum atomic E-state index is -4.85. The summed E-state index contributed by atoms with van der Waals surface area (Å²) in [6.07, 6.45) is -5.41. The smallest absolute Gasteiger partial charge is 0.469 e. The van der Waals surface area contributed by atoms with Crippen LogP contribution in [0.25, 0.3) is 0 Å². The minimum absolute atomic E-state index is 0.354. The number of aliphatic carboxylic acids is 1. The van der Waals surface area contributed by atoms with Crippen LogP contribution in [0.5, 0.6) is 0 Å². The number of aliphatic hydroxyl groups is 2. The molecule has 0 spiro atoms. The number of Topliss-reactive ketones (excluding diaryl/α,β-unsaturated/α-hetero) is 1. The van der Waals surface area contributed by atoms with Gasteiger partial charge in [-0.05, 0) is 6.92 Å². The molecule has 1 aliphatic rings. The SMILES string of the molecule is CC(=O)C[C@H](NC(=O)c1ncn([C@@H]2O[C@H](COP(=O)(O)O)[C@@H](O)[C@H]2O)c1N)C(=O)O. The largest absolute Gasteiger partial charge is 0.480 e. The molecule has 0 aromatic carbocycles. The quantitative estimate of drug-likeness (QED) is 0.190. The van der Waals surface area contributed by atoms with Gasteiger partial charge in [0, 0.05) is 6.42 Å². The van der Waals surface area contributed by atoms with E-state index in [2.05, 4.69) is 14.8 Å². The Morgan fingerprint density at radius 3 is 2.53 bits per heavy atom. The maximum Gasteiger partial charge on any atom is 0.469 e. The van der Waals surface area contributed by atoms with Gasteiger partial charge < -0.3 is 40.9 Å². The highest BCUT2D eigenvalue weighted by molar-refractivity contribution is 7.46. The number of aliphatic hydroxyl groups excluding tert-OH is 2. The van der Waals surface area contributed by atoms with Crippen molar-refractivity contribution in [1.29, 1.82) is 0 Å². The van der Waals surface area contributed by atoms with Crippen molar-refractivity contribution in [3.05, 3.63) is 12.0 Å². The molecule has 1 saturated heterocycles. The van der Waals surface area contributed by atoms with Crippen LogP contribution in [0.3, 0.4) is 0 Å². The molecule has 1 aromatic heterocycles. The first-order valence-electron chi connectivity index (χ1n) is 8.39. The predicted octanol–water partition coefficient (Wildman–Crippen LogP) is -2.64. The van der Waals surface area contributed by atoms with Gasteiger partial charge in [-0.2, -0.15) is 0 Å². The highest BCUT2D eigenvalue weighted by Gasteiger charge is 2.45. The number of phosphoric acid groups is 1. The van der Waals surface area contributed by atoms with Crippen LogP contribution in [0.2, 0.25) is 0 Å². The predicted molar refractivity (Wildman–Crippen MR) is 94.7 cm³/mol. The molecule has 5 atom stereocenters. The number of carbonyl (C=O) groups is 3. The van der Waals surface area contributed by atoms with Crippen LogP contribution in [0.15, 0.2) is 6.33 Å². The number of anilines is 1. The molecule has 1 aliphatic heterocycles. The topological polar surface area (TPSA) is 244 Å². The maximum atomic E-state index is 12.3. The van der Waals surface area contributed by atoms with Crippen molar-refractivity contribution >= 4 is 31.3 Å². The number of nitrogens with one attached hydrogen (secondary N) is 1. The number of ketones is 1. The first-order valence-corrected chi connectivity index (χ1v) is 9.92. The van der Waals surface area contributed by atoms with E-state index in [1.807, 2.05) is 0 Å². The van der Waals surface area contributed by atoms with Crippen LogP contribution in [0.1, 0.15) is 30.1 Å². The minimum Gasteiger partial charge on any atom is -0.480 e. The first-order chi connectivity index (χ1) is 13.8. The Balaban J connectivity index is 2.16. The van der Waals surface area contributed by atoms with E-state index in [0.29, 0.717) is 0 Å². The lowest BCUT2D eigenvalue weighted by atomic mass is 10.1. The molecule has 0 unspecified atom stereocenters. The number of rotatable bonds is 9. The fourth-order valence-corrected chi connectivity index (χ4v) is 3.07. The number of carboxylic acid groups (broad SMARTS) is 1. The van der Waals surface area contributed by atoms with E-state index in [1.54, 1.807) is 0 Å². The Bertz CT molecular complexity index is 868. The number of aromatic nitrogens is 2. The second-order valence-electron chi connectivity index (χ2n) is 6.49. The molecule has 2 rings (SSSR count). The molecule has 16 heteroatoms. The Morgan fingerprint density at radius 2 is 2.00 bits per heavy atom. The molecule has 2 heterocycles. The Kier molecular flexibility index (Phi) is 7.31. The molecule has 1 fully saturated rings. The number of hydrogen-bond donors (Lipinski definition) is 7. The number of carbonyl (C=O) groups excluding carboxylic acids is 2. The van der Waals surface area contributed by atoms with Crippen molar-refractivity contribution in [1.82, 2.24) is 14.9 Å². The van der Waals surface area contributed by atoms with Gasteiger partial charge in [-0.25, -0.2) is 14.3 Å². The molecule has 168 valence electrons. The fraction of sp³-hybridized carbons (Fsp3) is 0.571. The Morgan fingerprint density at radius 1 is 1.37 bits per heavy atom. The van der Waals surface area contributed by atoms with Gasteiger partial charge >= 0.3 is 13.8 Å². The van der Waals surface area contributed by atoms with Crippen LogP contribution in [-0.2, 0) is 23.4 Å². The van der Waals surface area contributed by atoms with Gasteiger partial charge in [-0.1, -0.05) is 0 Å². The summed E-state index contributed by atoms with van der Waals surface area (Å²) < 4.78 is 21.3. The van der Waals surface area contributed by atoms with Crippen LogP contribution >= 0.6 is 7.82 Å². The highest BCUT2D eigenvalue weighted by Crippen LogP contribution is 2.38. The van der Waals surface area contributed by atoms with Crippen LogP contribution in [0, 0.1) is 0 Å². The molecule has 30 heavy (non-hydrogen) atoms. The standard InChI is InChI=1S/C14H21N4O11P/c1-5(19)2-6(14(23)24)17-12(22)8-11(15)18(4-16-8)13-10(21)9(20)7(29-13)3-28-30(25,26)27/h4,6-7,9-10,13,20-21H,2-3,15H2,1H3,(H,17,22)(H,23,24)(H2,25,26,27)/t6-,7+,9+,10+,13+/m0/s1. The number of imidazole rings is 1. The number of nitrogens with zero attached hydrogens (tertiary/aromatic N) is 2. The summed E-state index contributed by atoms with van der Waals surface area (Å²) in [6, 6.07) is -1.51. The summed E-state index contributed by atoms with van der Waals surface area (Å²) >= 11 is 0. The van der Waals surface area contributed by atoms with Gasteiger partial charge in [0.2, 0.25) is 0 Å². The lowest BCUT2D eigenvalue weighted by Crippen LogP contribution is -2.42. The third kappa shape index (κ3) is 5.60. The van der Waals surface area contributed by atoms with Crippen molar-refractivity contribution in [2.75, 3.05) is 12.3 Å². The zero-order valence-electron chi connectivity index (χ0n) is 15.5. The molecule has 0 bridgehead atoms. The number of carboxylic acids is 1. The maximum absolute atomic E-state index is 12.3. The van der Waals surface area contributed by atoms with Crippen molar-refractivity contribution in [2.45, 2.75) is 43.9 Å². The van der Waals surface area contributed by atoms with Crippen LogP contribution in [0.4, 0.5) is 5.82 Å². The molecule has 8 N–H and O–H groups in total. The number of phosphoric ester groups is 1. The summed E-state index contributed by atoms with van der Waals surface area (Å²) in [5, 5.41) is 31.3. The molecule has 0 saturated carbocycles. The number of hydrogen-bond acceptors (Lipinski definition) is 10. The second-order valence-corrected chi connectivity index (χ2v) is 7.73. The zero-order valence-corrected chi connectivity index (χ0v) is 16.4. The van der Waals surface area contributed by atoms with Crippen molar-refractivity contribution in [3.63, 3.8) is 0 Å². The normalized spacial score (nSPS) is 25.1. The monoisotopic (exact) mass is 452 g/mol. The van der Waals surface area contributed by atoms with Gasteiger partial charge in [0.05, 0.1) is 12.9 Å².